The van der Waals surface area contributed by atoms with Crippen molar-refractivity contribution in [3.8, 4) is 23.0 Å². The number of nitrogens with two attached hydrogens (primary N) is 1. The molecule has 0 aromatic heterocycles. The summed E-state index contributed by atoms with van der Waals surface area (Å²) in [6, 6.07) is 4.20. The number of nitrogens with zero attached hydrogens (tertiary/aromatic N) is 2. The first kappa shape index (κ1) is 26.6. The minimum Gasteiger partial charge on any atom is -0.450 e. The molecular formula is C21H15Cl2FN4O8S2. The van der Waals surface area contributed by atoms with Gasteiger partial charge in [0.25, 0.3) is 10.1 Å². The predicted molar refractivity (Wildman–Crippen MR) is 133 cm³/mol. The van der Waals surface area contributed by atoms with E-state index in [2.05, 4.69) is 15.3 Å². The number of fused-ring (bicyclic) bond motifs is 4. The van der Waals surface area contributed by atoms with Crippen LogP contribution in [-0.2, 0) is 20.2 Å². The zero-order valence-corrected chi connectivity index (χ0v) is 22.0. The lowest BCUT2D eigenvalue weighted by atomic mass is 10.2. The fourth-order valence-electron chi connectivity index (χ4n) is 3.81. The van der Waals surface area contributed by atoms with Gasteiger partial charge < -0.3 is 20.5 Å². The Balaban J connectivity index is 1.76. The molecule has 12 nitrogen and oxygen atoms in total. The van der Waals surface area contributed by atoms with Gasteiger partial charge in [0.1, 0.15) is 38.0 Å². The van der Waals surface area contributed by atoms with E-state index in [0.29, 0.717) is 0 Å². The Morgan fingerprint density at radius 3 is 1.84 bits per heavy atom. The molecule has 1 atom stereocenters. The summed E-state index contributed by atoms with van der Waals surface area (Å²) in [7, 11) is -9.93. The molecule has 0 bridgehead atoms. The Bertz CT molecular complexity index is 1900. The minimum atomic E-state index is -5.07. The molecule has 3 aromatic carbocycles. The summed E-state index contributed by atoms with van der Waals surface area (Å²) in [5.41, 5.74) is 5.45. The normalized spacial score (nSPS) is 14.4. The Morgan fingerprint density at radius 1 is 0.895 bits per heavy atom. The summed E-state index contributed by atoms with van der Waals surface area (Å²) in [6.45, 7) is 1.85. The van der Waals surface area contributed by atoms with Crippen molar-refractivity contribution < 1.29 is 39.8 Å². The number of anilines is 1. The molecule has 38 heavy (non-hydrogen) atoms. The largest absolute Gasteiger partial charge is 0.450 e. The fraction of sp³-hybridized carbons (Fsp3) is 0.143. The lowest BCUT2D eigenvalue weighted by molar-refractivity contribution is 0.419. The number of ether oxygens (including phenoxy) is 2. The molecule has 5 N–H and O–H groups in total. The van der Waals surface area contributed by atoms with Gasteiger partial charge in [-0.25, -0.2) is 14.4 Å². The van der Waals surface area contributed by atoms with Gasteiger partial charge in [0.2, 0.25) is 0 Å². The molecule has 0 radical (unpaired) electrons. The van der Waals surface area contributed by atoms with E-state index in [1.165, 1.54) is 12.1 Å². The van der Waals surface area contributed by atoms with Crippen LogP contribution in [0.3, 0.4) is 0 Å². The smallest absolute Gasteiger partial charge is 0.301 e. The van der Waals surface area contributed by atoms with Crippen LogP contribution >= 0.6 is 23.2 Å². The molecule has 0 saturated heterocycles. The van der Waals surface area contributed by atoms with Gasteiger partial charge in [0.15, 0.2) is 32.8 Å². The maximum atomic E-state index is 14.3. The zero-order valence-electron chi connectivity index (χ0n) is 18.9. The van der Waals surface area contributed by atoms with Crippen molar-refractivity contribution in [1.29, 1.82) is 0 Å². The van der Waals surface area contributed by atoms with Crippen LogP contribution in [0.5, 0.6) is 23.0 Å². The predicted octanol–water partition coefficient (Wildman–Crippen LogP) is 3.50. The van der Waals surface area contributed by atoms with Gasteiger partial charge in [-0.1, -0.05) is 23.2 Å². The summed E-state index contributed by atoms with van der Waals surface area (Å²) in [5, 5.41) is 1.93. The first-order chi connectivity index (χ1) is 17.7. The third-order valence-electron chi connectivity index (χ3n) is 5.38. The Kier molecular flexibility index (Phi) is 6.30. The first-order valence-electron chi connectivity index (χ1n) is 10.5. The molecule has 3 aromatic rings. The van der Waals surface area contributed by atoms with E-state index < -0.39 is 41.6 Å². The van der Waals surface area contributed by atoms with Crippen molar-refractivity contribution in [3.05, 3.63) is 50.8 Å². The molecular weight excluding hydrogens is 590 g/mol. The van der Waals surface area contributed by atoms with Crippen LogP contribution in [0.1, 0.15) is 6.92 Å². The maximum Gasteiger partial charge on any atom is 0.301 e. The summed E-state index contributed by atoms with van der Waals surface area (Å²) < 4.78 is 93.4. The van der Waals surface area contributed by atoms with Crippen LogP contribution in [0.15, 0.2) is 44.0 Å². The number of nitrogens with one attached hydrogen (secondary N) is 1. The van der Waals surface area contributed by atoms with Crippen LogP contribution in [0.2, 0.25) is 10.0 Å². The first-order valence-corrected chi connectivity index (χ1v) is 14.1. The van der Waals surface area contributed by atoms with Gasteiger partial charge >= 0.3 is 10.1 Å². The van der Waals surface area contributed by atoms with E-state index in [1.54, 1.807) is 6.92 Å². The highest BCUT2D eigenvalue weighted by Gasteiger charge is 2.34. The van der Waals surface area contributed by atoms with Gasteiger partial charge in [-0.15, -0.1) is 0 Å². The monoisotopic (exact) mass is 604 g/mol. The highest BCUT2D eigenvalue weighted by atomic mass is 35.5. The second-order valence-electron chi connectivity index (χ2n) is 8.23. The van der Waals surface area contributed by atoms with Crippen molar-refractivity contribution in [2.24, 2.45) is 15.7 Å². The van der Waals surface area contributed by atoms with Crippen LogP contribution in [0.4, 0.5) is 21.5 Å². The van der Waals surface area contributed by atoms with Crippen molar-refractivity contribution in [2.45, 2.75) is 22.8 Å². The third-order valence-corrected chi connectivity index (χ3v) is 7.90. The van der Waals surface area contributed by atoms with E-state index in [0.717, 1.165) is 12.1 Å². The summed E-state index contributed by atoms with van der Waals surface area (Å²) in [4.78, 5) is 6.71. The number of halogens is 3. The standard InChI is InChI=1S/C21H15Cl2FN4O8S2/c1-7(25)6-26-11-5-4-10-17(21(11)38(32,33)34)36-19-13(23)14-18(12(22)15(19)28-10)35-16-9(27-14)3-2-8(24)20(16)37(29,30)31/h2-5,7,26H,6,25H2,1H3,(H,29,30,31)(H,32,33,34). The lowest BCUT2D eigenvalue weighted by Gasteiger charge is -2.23. The average molecular weight is 605 g/mol. The van der Waals surface area contributed by atoms with Crippen LogP contribution in [0, 0.1) is 5.82 Å². The Hall–Kier alpha value is -3.05. The molecule has 2 heterocycles. The molecule has 200 valence electrons. The van der Waals surface area contributed by atoms with Gasteiger partial charge in [0, 0.05) is 12.6 Å². The Labute approximate surface area is 224 Å². The van der Waals surface area contributed by atoms with Gasteiger partial charge in [-0.05, 0) is 31.2 Å². The summed E-state index contributed by atoms with van der Waals surface area (Å²) in [6.07, 6.45) is 0. The molecule has 5 rings (SSSR count). The molecule has 0 saturated carbocycles. The average Bonchev–Trinajstić information content (AvgIpc) is 2.82. The van der Waals surface area contributed by atoms with E-state index in [1.807, 2.05) is 0 Å². The topological polar surface area (TPSA) is 190 Å². The lowest BCUT2D eigenvalue weighted by Crippen LogP contribution is -2.26. The molecule has 2 aliphatic heterocycles. The second kappa shape index (κ2) is 9.01. The Morgan fingerprint density at radius 2 is 1.37 bits per heavy atom. The number of benzene rings is 3. The van der Waals surface area contributed by atoms with Gasteiger partial charge in [0.05, 0.1) is 5.69 Å². The summed E-state index contributed by atoms with van der Waals surface area (Å²) in [5.74, 6) is -2.85. The third kappa shape index (κ3) is 4.35. The van der Waals surface area contributed by atoms with Gasteiger partial charge in [-0.2, -0.15) is 16.8 Å². The SMILES string of the molecule is CC(N)CNc1ccc2c(c1S(=O)(=O)O)Oc1c(Cl)c3c(c(Cl)c1=N2)Oc1c(ccc(F)c1S(=O)(=O)O)N=3. The number of hydrogen-bond acceptors (Lipinski definition) is 10. The highest BCUT2D eigenvalue weighted by molar-refractivity contribution is 7.86. The quantitative estimate of drug-likeness (QED) is 0.216. The van der Waals surface area contributed by atoms with Crippen molar-refractivity contribution >= 4 is 60.5 Å². The molecule has 1 unspecified atom stereocenters. The van der Waals surface area contributed by atoms with E-state index in [4.69, 9.17) is 38.4 Å². The highest BCUT2D eigenvalue weighted by Crippen LogP contribution is 2.48. The van der Waals surface area contributed by atoms with Crippen molar-refractivity contribution in [3.63, 3.8) is 0 Å². The maximum absolute atomic E-state index is 14.3. The molecule has 0 fully saturated rings. The fourth-order valence-corrected chi connectivity index (χ4v) is 5.82. The molecule has 0 amide bonds. The second-order valence-corrected chi connectivity index (χ2v) is 11.7. The molecule has 0 spiro atoms. The molecule has 2 aliphatic rings. The van der Waals surface area contributed by atoms with E-state index in [9.17, 15) is 30.3 Å². The van der Waals surface area contributed by atoms with Crippen LogP contribution in [0.25, 0.3) is 0 Å². The van der Waals surface area contributed by atoms with E-state index >= 15 is 0 Å². The van der Waals surface area contributed by atoms with E-state index in [-0.39, 0.29) is 67.7 Å². The summed E-state index contributed by atoms with van der Waals surface area (Å²) >= 11 is 13.0. The zero-order chi connectivity index (χ0) is 27.7. The van der Waals surface area contributed by atoms with Crippen molar-refractivity contribution in [1.82, 2.24) is 0 Å². The molecule has 17 heteroatoms. The minimum absolute atomic E-state index is 0.0101. The molecule has 0 aliphatic carbocycles. The van der Waals surface area contributed by atoms with Crippen LogP contribution in [-0.4, -0.2) is 38.5 Å². The van der Waals surface area contributed by atoms with Crippen LogP contribution < -0.4 is 31.2 Å². The van der Waals surface area contributed by atoms with Gasteiger partial charge in [-0.3, -0.25) is 9.11 Å². The van der Waals surface area contributed by atoms with Crippen molar-refractivity contribution in [2.75, 3.05) is 11.9 Å². The number of rotatable bonds is 5. The number of hydrogen-bond donors (Lipinski definition) is 4.